The Balaban J connectivity index is 2.38. The standard InChI is InChI=1S/C16H21BrN2O/c1-16(2,3)19-9-11(8-18)13(10-19)12-6-5-7-14(17)15(12)20-4/h5-7,11,13H,9-10H2,1-4H3/t11-,13-/m1/s1. The fraction of sp³-hybridized carbons (Fsp3) is 0.562. The first-order valence-corrected chi connectivity index (χ1v) is 7.65. The highest BCUT2D eigenvalue weighted by atomic mass is 79.9. The van der Waals surface area contributed by atoms with Crippen molar-refractivity contribution >= 4 is 15.9 Å². The monoisotopic (exact) mass is 336 g/mol. The molecule has 20 heavy (non-hydrogen) atoms. The predicted molar refractivity (Wildman–Crippen MR) is 83.9 cm³/mol. The minimum atomic E-state index is 0.0115. The maximum absolute atomic E-state index is 9.48. The number of hydrogen-bond donors (Lipinski definition) is 0. The van der Waals surface area contributed by atoms with Crippen molar-refractivity contribution in [1.29, 1.82) is 5.26 Å². The van der Waals surface area contributed by atoms with E-state index in [2.05, 4.69) is 53.7 Å². The summed E-state index contributed by atoms with van der Waals surface area (Å²) in [5.74, 6) is 1.07. The Morgan fingerprint density at radius 1 is 1.35 bits per heavy atom. The van der Waals surface area contributed by atoms with Gasteiger partial charge in [-0.3, -0.25) is 4.90 Å². The summed E-state index contributed by atoms with van der Waals surface area (Å²) in [5, 5.41) is 9.48. The van der Waals surface area contributed by atoms with Gasteiger partial charge in [0.25, 0.3) is 0 Å². The van der Waals surface area contributed by atoms with Gasteiger partial charge in [-0.15, -0.1) is 0 Å². The van der Waals surface area contributed by atoms with Gasteiger partial charge >= 0.3 is 0 Å². The maximum atomic E-state index is 9.48. The second-order valence-corrected chi connectivity index (χ2v) is 7.13. The van der Waals surface area contributed by atoms with E-state index < -0.39 is 0 Å². The third-order valence-electron chi connectivity index (χ3n) is 4.04. The first-order valence-electron chi connectivity index (χ1n) is 6.85. The van der Waals surface area contributed by atoms with Crippen molar-refractivity contribution in [2.75, 3.05) is 20.2 Å². The highest BCUT2D eigenvalue weighted by molar-refractivity contribution is 9.10. The van der Waals surface area contributed by atoms with Gasteiger partial charge in [-0.1, -0.05) is 12.1 Å². The molecule has 1 aliphatic rings. The van der Waals surface area contributed by atoms with Crippen LogP contribution in [0.1, 0.15) is 32.3 Å². The van der Waals surface area contributed by atoms with Crippen LogP contribution < -0.4 is 4.74 Å². The molecule has 4 heteroatoms. The van der Waals surface area contributed by atoms with Gasteiger partial charge in [0.2, 0.25) is 0 Å². The molecule has 0 unspecified atom stereocenters. The molecule has 0 saturated carbocycles. The van der Waals surface area contributed by atoms with Gasteiger partial charge < -0.3 is 4.74 Å². The lowest BCUT2D eigenvalue weighted by Gasteiger charge is -2.31. The van der Waals surface area contributed by atoms with Gasteiger partial charge in [0.05, 0.1) is 23.6 Å². The van der Waals surface area contributed by atoms with Crippen molar-refractivity contribution in [1.82, 2.24) is 4.90 Å². The Bertz CT molecular complexity index is 530. The first kappa shape index (κ1) is 15.3. The van der Waals surface area contributed by atoms with Crippen molar-refractivity contribution in [3.63, 3.8) is 0 Å². The quantitative estimate of drug-likeness (QED) is 0.824. The van der Waals surface area contributed by atoms with Gasteiger partial charge in [0.1, 0.15) is 5.75 Å². The van der Waals surface area contributed by atoms with Crippen LogP contribution in [0.25, 0.3) is 0 Å². The highest BCUT2D eigenvalue weighted by Gasteiger charge is 2.39. The second kappa shape index (κ2) is 5.75. The van der Waals surface area contributed by atoms with E-state index in [1.165, 1.54) is 0 Å². The molecule has 3 nitrogen and oxygen atoms in total. The molecule has 1 aliphatic heterocycles. The molecule has 2 rings (SSSR count). The maximum Gasteiger partial charge on any atom is 0.136 e. The fourth-order valence-corrected chi connectivity index (χ4v) is 3.37. The molecule has 1 heterocycles. The van der Waals surface area contributed by atoms with Gasteiger partial charge in [0.15, 0.2) is 0 Å². The normalized spacial score (nSPS) is 23.6. The Labute approximate surface area is 129 Å². The van der Waals surface area contributed by atoms with Gasteiger partial charge in [0, 0.05) is 30.1 Å². The third kappa shape index (κ3) is 2.84. The lowest BCUT2D eigenvalue weighted by Crippen LogP contribution is -2.39. The van der Waals surface area contributed by atoms with E-state index in [0.29, 0.717) is 0 Å². The minimum absolute atomic E-state index is 0.0115. The number of hydrogen-bond acceptors (Lipinski definition) is 3. The largest absolute Gasteiger partial charge is 0.495 e. The summed E-state index contributed by atoms with van der Waals surface area (Å²) in [6, 6.07) is 8.53. The van der Waals surface area contributed by atoms with E-state index in [-0.39, 0.29) is 17.4 Å². The summed E-state index contributed by atoms with van der Waals surface area (Å²) in [4.78, 5) is 2.38. The topological polar surface area (TPSA) is 36.3 Å². The highest BCUT2D eigenvalue weighted by Crippen LogP contribution is 2.42. The molecular formula is C16H21BrN2O. The molecule has 108 valence electrons. The number of para-hydroxylation sites is 1. The Morgan fingerprint density at radius 3 is 2.60 bits per heavy atom. The molecule has 1 saturated heterocycles. The van der Waals surface area contributed by atoms with Crippen LogP contribution in [0.2, 0.25) is 0 Å². The Morgan fingerprint density at radius 2 is 2.05 bits per heavy atom. The number of ether oxygens (including phenoxy) is 1. The van der Waals surface area contributed by atoms with Crippen LogP contribution in [-0.4, -0.2) is 30.6 Å². The molecule has 0 aromatic heterocycles. The molecule has 0 bridgehead atoms. The van der Waals surface area contributed by atoms with Crippen molar-refractivity contribution in [3.8, 4) is 11.8 Å². The summed E-state index contributed by atoms with van der Waals surface area (Å²) in [6.07, 6.45) is 0. The molecule has 2 atom stereocenters. The average molecular weight is 337 g/mol. The minimum Gasteiger partial charge on any atom is -0.495 e. The Hall–Kier alpha value is -1.05. The van der Waals surface area contributed by atoms with Crippen LogP contribution in [0.15, 0.2) is 22.7 Å². The molecule has 0 radical (unpaired) electrons. The number of methoxy groups -OCH3 is 1. The lowest BCUT2D eigenvalue weighted by molar-refractivity contribution is 0.170. The van der Waals surface area contributed by atoms with Gasteiger partial charge in [-0.25, -0.2) is 0 Å². The molecule has 1 fully saturated rings. The van der Waals surface area contributed by atoms with Crippen molar-refractivity contribution in [2.45, 2.75) is 32.2 Å². The summed E-state index contributed by atoms with van der Waals surface area (Å²) >= 11 is 3.53. The molecular weight excluding hydrogens is 316 g/mol. The van der Waals surface area contributed by atoms with Crippen molar-refractivity contribution in [2.24, 2.45) is 5.92 Å². The zero-order valence-electron chi connectivity index (χ0n) is 12.5. The fourth-order valence-electron chi connectivity index (χ4n) is 2.83. The summed E-state index contributed by atoms with van der Waals surface area (Å²) in [6.45, 7) is 8.31. The van der Waals surface area contributed by atoms with Gasteiger partial charge in [-0.2, -0.15) is 5.26 Å². The number of likely N-dealkylation sites (tertiary alicyclic amines) is 1. The number of rotatable bonds is 2. The first-order chi connectivity index (χ1) is 9.38. The zero-order chi connectivity index (χ0) is 14.9. The molecule has 0 spiro atoms. The van der Waals surface area contributed by atoms with Crippen molar-refractivity contribution in [3.05, 3.63) is 28.2 Å². The van der Waals surface area contributed by atoms with E-state index in [4.69, 9.17) is 4.74 Å². The lowest BCUT2D eigenvalue weighted by atomic mass is 9.89. The number of halogens is 1. The smallest absolute Gasteiger partial charge is 0.136 e. The van der Waals surface area contributed by atoms with Crippen LogP contribution in [0, 0.1) is 17.2 Å². The van der Waals surface area contributed by atoms with E-state index in [9.17, 15) is 5.26 Å². The van der Waals surface area contributed by atoms with E-state index in [1.54, 1.807) is 7.11 Å². The molecule has 0 aliphatic carbocycles. The van der Waals surface area contributed by atoms with Crippen LogP contribution in [0.3, 0.4) is 0 Å². The molecule has 1 aromatic rings. The van der Waals surface area contributed by atoms with E-state index >= 15 is 0 Å². The van der Waals surface area contributed by atoms with Crippen LogP contribution in [0.5, 0.6) is 5.75 Å². The SMILES string of the molecule is COc1c(Br)cccc1[C@@H]1CN(C(C)(C)C)C[C@H]1C#N. The zero-order valence-corrected chi connectivity index (χ0v) is 14.1. The number of benzene rings is 1. The van der Waals surface area contributed by atoms with Crippen LogP contribution >= 0.6 is 15.9 Å². The van der Waals surface area contributed by atoms with E-state index in [0.717, 1.165) is 28.9 Å². The summed E-state index contributed by atoms with van der Waals surface area (Å²) in [7, 11) is 1.68. The number of nitrogens with zero attached hydrogens (tertiary/aromatic N) is 2. The molecule has 0 amide bonds. The van der Waals surface area contributed by atoms with Gasteiger partial charge in [-0.05, 0) is 42.8 Å². The third-order valence-corrected chi connectivity index (χ3v) is 4.66. The average Bonchev–Trinajstić information content (AvgIpc) is 2.82. The second-order valence-electron chi connectivity index (χ2n) is 6.28. The molecule has 1 aromatic carbocycles. The predicted octanol–water partition coefficient (Wildman–Crippen LogP) is 3.80. The summed E-state index contributed by atoms with van der Waals surface area (Å²) < 4.78 is 6.48. The summed E-state index contributed by atoms with van der Waals surface area (Å²) in [5.41, 5.74) is 1.21. The van der Waals surface area contributed by atoms with E-state index in [1.807, 2.05) is 12.1 Å². The number of nitriles is 1. The van der Waals surface area contributed by atoms with Crippen LogP contribution in [-0.2, 0) is 0 Å². The van der Waals surface area contributed by atoms with Crippen molar-refractivity contribution < 1.29 is 4.74 Å². The molecule has 0 N–H and O–H groups in total. The van der Waals surface area contributed by atoms with Crippen LogP contribution in [0.4, 0.5) is 0 Å². The Kier molecular flexibility index (Phi) is 4.41.